The van der Waals surface area contributed by atoms with Crippen LogP contribution in [-0.4, -0.2) is 16.1 Å². The summed E-state index contributed by atoms with van der Waals surface area (Å²) < 4.78 is 2.16. The molecule has 1 aromatic carbocycles. The first-order valence-electron chi connectivity index (χ1n) is 5.85. The first kappa shape index (κ1) is 11.3. The normalized spacial score (nSPS) is 13.6. The number of aromatic nitrogens is 2. The van der Waals surface area contributed by atoms with Crippen LogP contribution in [0, 0.1) is 11.8 Å². The van der Waals surface area contributed by atoms with Crippen molar-refractivity contribution in [1.29, 1.82) is 0 Å². The van der Waals surface area contributed by atoms with Gasteiger partial charge in [0.25, 0.3) is 0 Å². The predicted molar refractivity (Wildman–Crippen MR) is 71.4 cm³/mol. The molecule has 0 spiro atoms. The van der Waals surface area contributed by atoms with E-state index in [0.29, 0.717) is 5.02 Å². The molecule has 0 amide bonds. The maximum Gasteiger partial charge on any atom is 0.185 e. The number of imidazole rings is 1. The van der Waals surface area contributed by atoms with E-state index in [0.717, 1.165) is 31.0 Å². The minimum atomic E-state index is 0.705. The highest BCUT2D eigenvalue weighted by Gasteiger charge is 2.11. The van der Waals surface area contributed by atoms with Crippen molar-refractivity contribution in [3.05, 3.63) is 52.6 Å². The van der Waals surface area contributed by atoms with Gasteiger partial charge < -0.3 is 9.88 Å². The van der Waals surface area contributed by atoms with Gasteiger partial charge in [-0.05, 0) is 24.1 Å². The molecular formula is C14H12ClN3. The molecule has 0 unspecified atom stereocenters. The lowest BCUT2D eigenvalue weighted by molar-refractivity contribution is 0.513. The van der Waals surface area contributed by atoms with Gasteiger partial charge in [0.15, 0.2) is 5.82 Å². The molecular weight excluding hydrogens is 246 g/mol. The predicted octanol–water partition coefficient (Wildman–Crippen LogP) is 2.04. The largest absolute Gasteiger partial charge is 0.319 e. The number of hydrogen-bond donors (Lipinski definition) is 1. The lowest BCUT2D eigenvalue weighted by Gasteiger charge is -2.15. The van der Waals surface area contributed by atoms with Crippen LogP contribution in [0.25, 0.3) is 0 Å². The van der Waals surface area contributed by atoms with Crippen molar-refractivity contribution < 1.29 is 0 Å². The van der Waals surface area contributed by atoms with Crippen molar-refractivity contribution in [2.45, 2.75) is 13.1 Å². The topological polar surface area (TPSA) is 29.9 Å². The van der Waals surface area contributed by atoms with Crippen molar-refractivity contribution >= 4 is 11.6 Å². The molecule has 0 aliphatic carbocycles. The summed E-state index contributed by atoms with van der Waals surface area (Å²) in [6, 6.07) is 7.55. The Hall–Kier alpha value is -1.76. The minimum Gasteiger partial charge on any atom is -0.319 e. The Kier molecular flexibility index (Phi) is 3.06. The van der Waals surface area contributed by atoms with E-state index >= 15 is 0 Å². The summed E-state index contributed by atoms with van der Waals surface area (Å²) >= 11 is 5.92. The number of nitrogens with zero attached hydrogens (tertiary/aromatic N) is 2. The molecule has 2 heterocycles. The van der Waals surface area contributed by atoms with E-state index in [9.17, 15) is 0 Å². The van der Waals surface area contributed by atoms with Gasteiger partial charge >= 0.3 is 0 Å². The van der Waals surface area contributed by atoms with E-state index in [4.69, 9.17) is 11.6 Å². The average Bonchev–Trinajstić information content (AvgIpc) is 2.80. The molecule has 0 saturated carbocycles. The van der Waals surface area contributed by atoms with Crippen LogP contribution in [0.3, 0.4) is 0 Å². The fourth-order valence-electron chi connectivity index (χ4n) is 2.00. The van der Waals surface area contributed by atoms with Crippen LogP contribution in [0.1, 0.15) is 17.1 Å². The third kappa shape index (κ3) is 2.26. The highest BCUT2D eigenvalue weighted by molar-refractivity contribution is 6.30. The van der Waals surface area contributed by atoms with E-state index in [2.05, 4.69) is 26.7 Å². The van der Waals surface area contributed by atoms with Crippen molar-refractivity contribution in [2.75, 3.05) is 6.54 Å². The highest BCUT2D eigenvalue weighted by Crippen LogP contribution is 2.11. The third-order valence-electron chi connectivity index (χ3n) is 2.90. The van der Waals surface area contributed by atoms with Crippen molar-refractivity contribution in [3.8, 4) is 11.8 Å². The Morgan fingerprint density at radius 1 is 1.33 bits per heavy atom. The lowest BCUT2D eigenvalue weighted by atomic mass is 10.2. The van der Waals surface area contributed by atoms with E-state index in [-0.39, 0.29) is 0 Å². The maximum atomic E-state index is 5.92. The van der Waals surface area contributed by atoms with Crippen molar-refractivity contribution in [3.63, 3.8) is 0 Å². The molecule has 0 fully saturated rings. The molecule has 2 aromatic rings. The van der Waals surface area contributed by atoms with Gasteiger partial charge in [0.1, 0.15) is 0 Å². The van der Waals surface area contributed by atoms with Gasteiger partial charge in [0.05, 0.1) is 11.9 Å². The number of hydrogen-bond acceptors (Lipinski definition) is 2. The highest BCUT2D eigenvalue weighted by atomic mass is 35.5. The van der Waals surface area contributed by atoms with E-state index in [1.54, 1.807) is 0 Å². The van der Waals surface area contributed by atoms with Crippen molar-refractivity contribution in [2.24, 2.45) is 0 Å². The summed E-state index contributed by atoms with van der Waals surface area (Å²) in [6.07, 6.45) is 1.88. The number of rotatable bonds is 0. The molecule has 4 heteroatoms. The second kappa shape index (κ2) is 4.85. The molecule has 0 bridgehead atoms. The summed E-state index contributed by atoms with van der Waals surface area (Å²) in [5.41, 5.74) is 2.10. The van der Waals surface area contributed by atoms with Gasteiger partial charge in [-0.25, -0.2) is 4.98 Å². The van der Waals surface area contributed by atoms with Gasteiger partial charge in [-0.3, -0.25) is 0 Å². The Labute approximate surface area is 111 Å². The summed E-state index contributed by atoms with van der Waals surface area (Å²) in [5.74, 6) is 7.04. The first-order valence-corrected chi connectivity index (χ1v) is 6.23. The van der Waals surface area contributed by atoms with Crippen LogP contribution in [0.2, 0.25) is 5.02 Å². The molecule has 0 radical (unpaired) electrons. The Balaban J connectivity index is 1.91. The van der Waals surface area contributed by atoms with E-state index < -0.39 is 0 Å². The van der Waals surface area contributed by atoms with Crippen LogP contribution in [0.5, 0.6) is 0 Å². The van der Waals surface area contributed by atoms with Crippen LogP contribution in [0.15, 0.2) is 30.5 Å². The summed E-state index contributed by atoms with van der Waals surface area (Å²) in [7, 11) is 0. The molecule has 3 rings (SSSR count). The molecule has 0 saturated heterocycles. The number of benzene rings is 1. The fourth-order valence-corrected chi connectivity index (χ4v) is 2.19. The Bertz CT molecular complexity index is 634. The van der Waals surface area contributed by atoms with Gasteiger partial charge in [0.2, 0.25) is 0 Å². The molecule has 90 valence electrons. The van der Waals surface area contributed by atoms with E-state index in [1.807, 2.05) is 30.5 Å². The van der Waals surface area contributed by atoms with Gasteiger partial charge in [-0.2, -0.15) is 0 Å². The molecule has 1 aliphatic rings. The molecule has 0 atom stereocenters. The fraction of sp³-hybridized carbons (Fsp3) is 0.214. The third-order valence-corrected chi connectivity index (χ3v) is 3.13. The quantitative estimate of drug-likeness (QED) is 0.732. The zero-order valence-electron chi connectivity index (χ0n) is 9.78. The summed E-state index contributed by atoms with van der Waals surface area (Å²) in [4.78, 5) is 4.35. The van der Waals surface area contributed by atoms with Gasteiger partial charge in [-0.1, -0.05) is 23.6 Å². The number of nitrogens with one attached hydrogen (secondary N) is 1. The monoisotopic (exact) mass is 257 g/mol. The van der Waals surface area contributed by atoms with Crippen LogP contribution in [0.4, 0.5) is 0 Å². The smallest absolute Gasteiger partial charge is 0.185 e. The Morgan fingerprint density at radius 3 is 3.17 bits per heavy atom. The standard InChI is InChI=1S/C14H12ClN3/c15-12-3-1-2-11(8-12)4-5-14-17-10-13-9-16-6-7-18(13)14/h1-3,8,10,16H,6-7,9H2. The lowest BCUT2D eigenvalue weighted by Crippen LogP contribution is -2.28. The number of fused-ring (bicyclic) bond motifs is 1. The maximum absolute atomic E-state index is 5.92. The zero-order valence-corrected chi connectivity index (χ0v) is 10.5. The molecule has 1 N–H and O–H groups in total. The second-order valence-corrected chi connectivity index (χ2v) is 4.60. The Morgan fingerprint density at radius 2 is 2.28 bits per heavy atom. The first-order chi connectivity index (χ1) is 8.83. The van der Waals surface area contributed by atoms with Gasteiger partial charge in [0, 0.05) is 30.2 Å². The number of halogens is 1. The van der Waals surface area contributed by atoms with E-state index in [1.165, 1.54) is 5.69 Å². The van der Waals surface area contributed by atoms with Crippen LogP contribution >= 0.6 is 11.6 Å². The van der Waals surface area contributed by atoms with Crippen molar-refractivity contribution in [1.82, 2.24) is 14.9 Å². The zero-order chi connectivity index (χ0) is 12.4. The molecule has 1 aliphatic heterocycles. The average molecular weight is 258 g/mol. The second-order valence-electron chi connectivity index (χ2n) is 4.16. The molecule has 3 nitrogen and oxygen atoms in total. The van der Waals surface area contributed by atoms with Gasteiger partial charge in [-0.15, -0.1) is 0 Å². The molecule has 18 heavy (non-hydrogen) atoms. The molecule has 1 aromatic heterocycles. The summed E-state index contributed by atoms with van der Waals surface area (Å²) in [6.45, 7) is 2.76. The summed E-state index contributed by atoms with van der Waals surface area (Å²) in [5, 5.41) is 4.01. The van der Waals surface area contributed by atoms with Crippen LogP contribution in [-0.2, 0) is 13.1 Å². The SMILES string of the molecule is Clc1cccc(C#Cc2ncc3n2CCNC3)c1. The minimum absolute atomic E-state index is 0.705. The van der Waals surface area contributed by atoms with Crippen LogP contribution < -0.4 is 5.32 Å².